The minimum atomic E-state index is -0.347. The molecule has 0 N–H and O–H groups in total. The van der Waals surface area contributed by atoms with Crippen molar-refractivity contribution in [1.29, 1.82) is 0 Å². The minimum Gasteiger partial charge on any atom is -0.455 e. The molecule has 2 heterocycles. The SMILES string of the molecule is O=[N+]([O-])c1cc(Br)ccc1-n1c2ccccc2c2c3oc4ccccc4c3ccc21. The van der Waals surface area contributed by atoms with Crippen LogP contribution in [-0.2, 0) is 0 Å². The molecule has 4 aromatic carbocycles. The molecule has 5 nitrogen and oxygen atoms in total. The summed E-state index contributed by atoms with van der Waals surface area (Å²) in [6.07, 6.45) is 0. The van der Waals surface area contributed by atoms with E-state index in [1.165, 1.54) is 6.07 Å². The van der Waals surface area contributed by atoms with Crippen molar-refractivity contribution in [2.24, 2.45) is 0 Å². The van der Waals surface area contributed by atoms with Gasteiger partial charge in [0.1, 0.15) is 16.9 Å². The predicted octanol–water partition coefficient (Wildman–Crippen LogP) is 7.35. The van der Waals surface area contributed by atoms with Crippen LogP contribution < -0.4 is 0 Å². The zero-order valence-corrected chi connectivity index (χ0v) is 17.1. The van der Waals surface area contributed by atoms with Gasteiger partial charge in [0.25, 0.3) is 5.69 Å². The summed E-state index contributed by atoms with van der Waals surface area (Å²) in [6.45, 7) is 0. The Bertz CT molecular complexity index is 1650. The highest BCUT2D eigenvalue weighted by atomic mass is 79.9. The molecule has 0 aliphatic carbocycles. The Morgan fingerprint density at radius 1 is 0.833 bits per heavy atom. The molecule has 0 saturated carbocycles. The standard InChI is InChI=1S/C24H13BrN2O3/c25-14-9-11-19(21(13-14)27(28)29)26-18-7-3-1-6-17(18)23-20(26)12-10-16-15-5-2-4-8-22(15)30-24(16)23/h1-13H. The van der Waals surface area contributed by atoms with E-state index in [4.69, 9.17) is 4.42 Å². The van der Waals surface area contributed by atoms with E-state index >= 15 is 0 Å². The fourth-order valence-corrected chi connectivity index (χ4v) is 4.68. The van der Waals surface area contributed by atoms with E-state index in [-0.39, 0.29) is 10.6 Å². The number of nitro benzene ring substituents is 1. The van der Waals surface area contributed by atoms with E-state index in [1.807, 2.05) is 71.3 Å². The third-order valence-electron chi connectivity index (χ3n) is 5.56. The molecule has 30 heavy (non-hydrogen) atoms. The molecule has 0 bridgehead atoms. The van der Waals surface area contributed by atoms with E-state index in [0.29, 0.717) is 10.2 Å². The first-order chi connectivity index (χ1) is 14.6. The zero-order chi connectivity index (χ0) is 20.4. The maximum atomic E-state index is 11.8. The van der Waals surface area contributed by atoms with E-state index < -0.39 is 0 Å². The molecule has 0 spiro atoms. The number of halogens is 1. The summed E-state index contributed by atoms with van der Waals surface area (Å²) in [6, 6.07) is 25.1. The lowest BCUT2D eigenvalue weighted by atomic mass is 10.1. The Morgan fingerprint density at radius 2 is 1.60 bits per heavy atom. The average Bonchev–Trinajstić information content (AvgIpc) is 3.29. The topological polar surface area (TPSA) is 61.2 Å². The Labute approximate surface area is 178 Å². The van der Waals surface area contributed by atoms with Gasteiger partial charge in [0.2, 0.25) is 0 Å². The summed E-state index contributed by atoms with van der Waals surface area (Å²) in [4.78, 5) is 11.5. The first kappa shape index (κ1) is 17.2. The van der Waals surface area contributed by atoms with Gasteiger partial charge in [-0.2, -0.15) is 0 Å². The molecule has 0 amide bonds. The fourth-order valence-electron chi connectivity index (χ4n) is 4.33. The van der Waals surface area contributed by atoms with Gasteiger partial charge >= 0.3 is 0 Å². The van der Waals surface area contributed by atoms with Crippen LogP contribution in [0.5, 0.6) is 0 Å². The molecule has 0 aliphatic rings. The molecular formula is C24H13BrN2O3. The number of aromatic nitrogens is 1. The maximum absolute atomic E-state index is 11.8. The Hall–Kier alpha value is -3.64. The second-order valence-corrected chi connectivity index (χ2v) is 8.09. The monoisotopic (exact) mass is 456 g/mol. The number of rotatable bonds is 2. The summed E-state index contributed by atoms with van der Waals surface area (Å²) >= 11 is 3.35. The van der Waals surface area contributed by atoms with Crippen molar-refractivity contribution < 1.29 is 9.34 Å². The van der Waals surface area contributed by atoms with Crippen molar-refractivity contribution in [1.82, 2.24) is 4.57 Å². The number of hydrogen-bond donors (Lipinski definition) is 0. The van der Waals surface area contributed by atoms with Gasteiger partial charge in [0.15, 0.2) is 0 Å². The molecule has 0 atom stereocenters. The molecule has 2 aromatic heterocycles. The lowest BCUT2D eigenvalue weighted by Crippen LogP contribution is -2.00. The van der Waals surface area contributed by atoms with Gasteiger partial charge in [-0.05, 0) is 36.4 Å². The Balaban J connectivity index is 1.84. The van der Waals surface area contributed by atoms with E-state index in [2.05, 4.69) is 15.9 Å². The predicted molar refractivity (Wildman–Crippen MR) is 122 cm³/mol. The molecule has 0 unspecified atom stereocenters. The van der Waals surface area contributed by atoms with Crippen LogP contribution in [0, 0.1) is 10.1 Å². The second-order valence-electron chi connectivity index (χ2n) is 7.18. The van der Waals surface area contributed by atoms with Crippen molar-refractivity contribution in [3.8, 4) is 5.69 Å². The fraction of sp³-hybridized carbons (Fsp3) is 0. The van der Waals surface area contributed by atoms with Gasteiger partial charge < -0.3 is 8.98 Å². The van der Waals surface area contributed by atoms with E-state index in [9.17, 15) is 10.1 Å². The highest BCUT2D eigenvalue weighted by Crippen LogP contribution is 2.41. The molecule has 6 aromatic rings. The summed E-state index contributed by atoms with van der Waals surface area (Å²) in [5, 5.41) is 15.9. The van der Waals surface area contributed by atoms with Crippen molar-refractivity contribution >= 4 is 65.4 Å². The molecule has 144 valence electrons. The third kappa shape index (κ3) is 2.28. The van der Waals surface area contributed by atoms with Crippen LogP contribution >= 0.6 is 15.9 Å². The molecule has 6 rings (SSSR count). The van der Waals surface area contributed by atoms with Gasteiger partial charge in [-0.1, -0.05) is 52.3 Å². The molecule has 0 saturated heterocycles. The maximum Gasteiger partial charge on any atom is 0.294 e. The number of furan rings is 1. The van der Waals surface area contributed by atoms with Crippen LogP contribution in [0.3, 0.4) is 0 Å². The summed E-state index contributed by atoms with van der Waals surface area (Å²) < 4.78 is 8.88. The highest BCUT2D eigenvalue weighted by Gasteiger charge is 2.23. The Kier molecular flexibility index (Phi) is 3.55. The van der Waals surface area contributed by atoms with Crippen LogP contribution in [0.1, 0.15) is 0 Å². The lowest BCUT2D eigenvalue weighted by molar-refractivity contribution is -0.384. The summed E-state index contributed by atoms with van der Waals surface area (Å²) in [5.74, 6) is 0. The van der Waals surface area contributed by atoms with Gasteiger partial charge in [-0.25, -0.2) is 0 Å². The van der Waals surface area contributed by atoms with Gasteiger partial charge in [-0.3, -0.25) is 10.1 Å². The molecule has 0 aliphatic heterocycles. The second kappa shape index (κ2) is 6.18. The van der Waals surface area contributed by atoms with Crippen molar-refractivity contribution in [3.63, 3.8) is 0 Å². The lowest BCUT2D eigenvalue weighted by Gasteiger charge is -2.09. The molecule has 0 fully saturated rings. The first-order valence-corrected chi connectivity index (χ1v) is 10.2. The van der Waals surface area contributed by atoms with Gasteiger partial charge in [0.05, 0.1) is 21.3 Å². The van der Waals surface area contributed by atoms with Crippen LogP contribution in [0.4, 0.5) is 5.69 Å². The number of fused-ring (bicyclic) bond motifs is 7. The first-order valence-electron chi connectivity index (χ1n) is 9.41. The normalized spacial score (nSPS) is 11.8. The number of para-hydroxylation sites is 2. The average molecular weight is 457 g/mol. The quantitative estimate of drug-likeness (QED) is 0.202. The van der Waals surface area contributed by atoms with Crippen LogP contribution in [0.15, 0.2) is 87.8 Å². The summed E-state index contributed by atoms with van der Waals surface area (Å²) in [5.41, 5.74) is 3.94. The Morgan fingerprint density at radius 3 is 2.43 bits per heavy atom. The van der Waals surface area contributed by atoms with Crippen LogP contribution in [0.25, 0.3) is 49.4 Å². The smallest absolute Gasteiger partial charge is 0.294 e. The highest BCUT2D eigenvalue weighted by molar-refractivity contribution is 9.10. The number of benzene rings is 4. The van der Waals surface area contributed by atoms with E-state index in [1.54, 1.807) is 6.07 Å². The summed E-state index contributed by atoms with van der Waals surface area (Å²) in [7, 11) is 0. The van der Waals surface area contributed by atoms with Gasteiger partial charge in [0, 0.05) is 26.7 Å². The minimum absolute atomic E-state index is 0.0386. The largest absolute Gasteiger partial charge is 0.455 e. The molecular weight excluding hydrogens is 444 g/mol. The van der Waals surface area contributed by atoms with Crippen molar-refractivity contribution in [3.05, 3.63) is 93.4 Å². The third-order valence-corrected chi connectivity index (χ3v) is 6.05. The molecule has 6 heteroatoms. The number of nitrogens with zero attached hydrogens (tertiary/aromatic N) is 2. The number of hydrogen-bond acceptors (Lipinski definition) is 3. The van der Waals surface area contributed by atoms with Gasteiger partial charge in [-0.15, -0.1) is 0 Å². The van der Waals surface area contributed by atoms with Crippen molar-refractivity contribution in [2.75, 3.05) is 0 Å². The molecule has 0 radical (unpaired) electrons. The van der Waals surface area contributed by atoms with Crippen LogP contribution in [-0.4, -0.2) is 9.49 Å². The van der Waals surface area contributed by atoms with E-state index in [0.717, 1.165) is 43.7 Å². The van der Waals surface area contributed by atoms with Crippen molar-refractivity contribution in [2.45, 2.75) is 0 Å². The zero-order valence-electron chi connectivity index (χ0n) is 15.5. The van der Waals surface area contributed by atoms with Crippen LogP contribution in [0.2, 0.25) is 0 Å². The number of nitro groups is 1.